The molecule has 0 bridgehead atoms. The highest BCUT2D eigenvalue weighted by Gasteiger charge is 2.11. The fraction of sp³-hybridized carbons (Fsp3) is 0.286. The first-order chi connectivity index (χ1) is 4.47. The highest BCUT2D eigenvalue weighted by molar-refractivity contribution is 5.95. The number of aliphatic imine (C=N–C) groups is 1. The average molecular weight is 120 g/mol. The molecule has 46 valence electrons. The molecule has 2 heteroatoms. The molecule has 9 heavy (non-hydrogen) atoms. The van der Waals surface area contributed by atoms with E-state index in [1.807, 2.05) is 18.2 Å². The molecule has 0 aromatic heterocycles. The Hall–Kier alpha value is -1.05. The molecule has 0 aliphatic carbocycles. The Bertz CT molecular complexity index is 198. The molecule has 0 aromatic carbocycles. The summed E-state index contributed by atoms with van der Waals surface area (Å²) < 4.78 is 0. The van der Waals surface area contributed by atoms with Crippen LogP contribution in [0.25, 0.3) is 0 Å². The molecule has 2 aliphatic rings. The van der Waals surface area contributed by atoms with Gasteiger partial charge in [-0.3, -0.25) is 4.99 Å². The van der Waals surface area contributed by atoms with E-state index in [9.17, 15) is 0 Å². The van der Waals surface area contributed by atoms with Crippen LogP contribution in [0.5, 0.6) is 0 Å². The molecule has 2 rings (SSSR count). The molecule has 0 saturated carbocycles. The van der Waals surface area contributed by atoms with Crippen molar-refractivity contribution in [2.75, 3.05) is 13.1 Å². The van der Waals surface area contributed by atoms with E-state index in [1.165, 1.54) is 0 Å². The average Bonchev–Trinajstić information content (AvgIpc) is 2.33. The highest BCUT2D eigenvalue weighted by Crippen LogP contribution is 2.06. The summed E-state index contributed by atoms with van der Waals surface area (Å²) >= 11 is 0. The quantitative estimate of drug-likeness (QED) is 0.461. The van der Waals surface area contributed by atoms with E-state index < -0.39 is 0 Å². The summed E-state index contributed by atoms with van der Waals surface area (Å²) in [5.41, 5.74) is 0. The molecule has 0 amide bonds. The van der Waals surface area contributed by atoms with Gasteiger partial charge in [0, 0.05) is 12.7 Å². The molecular formula is C7H8N2. The summed E-state index contributed by atoms with van der Waals surface area (Å²) in [6, 6.07) is 0. The van der Waals surface area contributed by atoms with Crippen molar-refractivity contribution in [2.45, 2.75) is 0 Å². The zero-order chi connectivity index (χ0) is 6.10. The summed E-state index contributed by atoms with van der Waals surface area (Å²) in [4.78, 5) is 6.42. The van der Waals surface area contributed by atoms with E-state index in [1.54, 1.807) is 0 Å². The van der Waals surface area contributed by atoms with Gasteiger partial charge in [-0.05, 0) is 12.2 Å². The number of rotatable bonds is 0. The van der Waals surface area contributed by atoms with Gasteiger partial charge in [0.25, 0.3) is 0 Å². The molecule has 0 atom stereocenters. The fourth-order valence-corrected chi connectivity index (χ4v) is 1.07. The summed E-state index contributed by atoms with van der Waals surface area (Å²) in [5, 5.41) is 0. The van der Waals surface area contributed by atoms with E-state index in [2.05, 4.69) is 16.1 Å². The van der Waals surface area contributed by atoms with Crippen LogP contribution in [-0.4, -0.2) is 23.8 Å². The van der Waals surface area contributed by atoms with Crippen molar-refractivity contribution in [1.29, 1.82) is 0 Å². The first-order valence-electron chi connectivity index (χ1n) is 3.13. The van der Waals surface area contributed by atoms with Crippen molar-refractivity contribution in [3.05, 3.63) is 24.4 Å². The zero-order valence-electron chi connectivity index (χ0n) is 5.12. The van der Waals surface area contributed by atoms with Gasteiger partial charge in [0.2, 0.25) is 0 Å². The maximum Gasteiger partial charge on any atom is 0.127 e. The molecular weight excluding hydrogens is 112 g/mol. The van der Waals surface area contributed by atoms with Gasteiger partial charge in [0.15, 0.2) is 0 Å². The zero-order valence-corrected chi connectivity index (χ0v) is 5.12. The number of fused-ring (bicyclic) bond motifs is 1. The molecule has 0 spiro atoms. The molecule has 0 radical (unpaired) electrons. The van der Waals surface area contributed by atoms with Crippen LogP contribution < -0.4 is 0 Å². The van der Waals surface area contributed by atoms with Crippen LogP contribution in [0.15, 0.2) is 29.4 Å². The Balaban J connectivity index is 2.33. The second-order valence-corrected chi connectivity index (χ2v) is 2.13. The monoisotopic (exact) mass is 120 g/mol. The molecule has 0 saturated heterocycles. The van der Waals surface area contributed by atoms with Crippen LogP contribution in [0.4, 0.5) is 0 Å². The van der Waals surface area contributed by atoms with E-state index in [-0.39, 0.29) is 0 Å². The van der Waals surface area contributed by atoms with Gasteiger partial charge in [-0.15, -0.1) is 0 Å². The standard InChI is InChI=1S/C7H8N2/c1-2-5-9-6-4-8-7(9)3-1/h1-3,5H,4,6H2. The smallest absolute Gasteiger partial charge is 0.127 e. The third-order valence-electron chi connectivity index (χ3n) is 1.53. The Morgan fingerprint density at radius 3 is 3.33 bits per heavy atom. The minimum atomic E-state index is 0.948. The van der Waals surface area contributed by atoms with Crippen molar-refractivity contribution in [2.24, 2.45) is 4.99 Å². The van der Waals surface area contributed by atoms with Gasteiger partial charge in [-0.1, -0.05) is 6.08 Å². The molecule has 2 nitrogen and oxygen atoms in total. The summed E-state index contributed by atoms with van der Waals surface area (Å²) in [6.45, 7) is 2.00. The number of allylic oxidation sites excluding steroid dienone is 2. The first-order valence-corrected chi connectivity index (χ1v) is 3.13. The molecule has 2 heterocycles. The van der Waals surface area contributed by atoms with Gasteiger partial charge in [-0.2, -0.15) is 0 Å². The predicted octanol–water partition coefficient (Wildman–Crippen LogP) is 0.784. The Morgan fingerprint density at radius 2 is 2.44 bits per heavy atom. The lowest BCUT2D eigenvalue weighted by Crippen LogP contribution is -2.20. The van der Waals surface area contributed by atoms with E-state index in [0.29, 0.717) is 0 Å². The van der Waals surface area contributed by atoms with Crippen LogP contribution >= 0.6 is 0 Å². The van der Waals surface area contributed by atoms with Crippen LogP contribution in [-0.2, 0) is 0 Å². The molecule has 0 unspecified atom stereocenters. The number of hydrogen-bond acceptors (Lipinski definition) is 2. The van der Waals surface area contributed by atoms with E-state index in [0.717, 1.165) is 18.9 Å². The highest BCUT2D eigenvalue weighted by atomic mass is 15.2. The largest absolute Gasteiger partial charge is 0.331 e. The fourth-order valence-electron chi connectivity index (χ4n) is 1.07. The first kappa shape index (κ1) is 4.79. The molecule has 0 aromatic rings. The lowest BCUT2D eigenvalue weighted by Gasteiger charge is -2.13. The number of hydrogen-bond donors (Lipinski definition) is 0. The SMILES string of the molecule is C1=CC2=NCCN2C=C1. The summed E-state index contributed by atoms with van der Waals surface area (Å²) in [5.74, 6) is 1.11. The molecule has 2 aliphatic heterocycles. The van der Waals surface area contributed by atoms with Gasteiger partial charge in [0.05, 0.1) is 6.54 Å². The van der Waals surface area contributed by atoms with Gasteiger partial charge < -0.3 is 4.90 Å². The Kier molecular flexibility index (Phi) is 0.918. The van der Waals surface area contributed by atoms with Crippen molar-refractivity contribution in [3.63, 3.8) is 0 Å². The van der Waals surface area contributed by atoms with Gasteiger partial charge in [-0.25, -0.2) is 0 Å². The van der Waals surface area contributed by atoms with Gasteiger partial charge >= 0.3 is 0 Å². The maximum atomic E-state index is 4.26. The van der Waals surface area contributed by atoms with Crippen molar-refractivity contribution in [3.8, 4) is 0 Å². The Morgan fingerprint density at radius 1 is 1.44 bits per heavy atom. The number of nitrogens with zero attached hydrogens (tertiary/aromatic N) is 2. The lowest BCUT2D eigenvalue weighted by molar-refractivity contribution is 0.611. The van der Waals surface area contributed by atoms with Crippen molar-refractivity contribution >= 4 is 5.84 Å². The third kappa shape index (κ3) is 0.669. The van der Waals surface area contributed by atoms with Crippen LogP contribution in [0.3, 0.4) is 0 Å². The minimum Gasteiger partial charge on any atom is -0.331 e. The third-order valence-corrected chi connectivity index (χ3v) is 1.53. The molecule has 0 fully saturated rings. The van der Waals surface area contributed by atoms with Gasteiger partial charge in [0.1, 0.15) is 5.84 Å². The normalized spacial score (nSPS) is 22.2. The van der Waals surface area contributed by atoms with E-state index in [4.69, 9.17) is 0 Å². The minimum absolute atomic E-state index is 0.948. The Labute approximate surface area is 54.2 Å². The summed E-state index contributed by atoms with van der Waals surface area (Å²) in [7, 11) is 0. The van der Waals surface area contributed by atoms with Crippen LogP contribution in [0, 0.1) is 0 Å². The predicted molar refractivity (Wildman–Crippen MR) is 37.3 cm³/mol. The second kappa shape index (κ2) is 1.72. The van der Waals surface area contributed by atoms with Crippen LogP contribution in [0.1, 0.15) is 0 Å². The maximum absolute atomic E-state index is 4.26. The number of amidine groups is 1. The van der Waals surface area contributed by atoms with E-state index >= 15 is 0 Å². The van der Waals surface area contributed by atoms with Crippen LogP contribution in [0.2, 0.25) is 0 Å². The summed E-state index contributed by atoms with van der Waals surface area (Å²) in [6.07, 6.45) is 8.14. The topological polar surface area (TPSA) is 15.6 Å². The lowest BCUT2D eigenvalue weighted by atomic mass is 10.3. The molecule has 0 N–H and O–H groups in total. The van der Waals surface area contributed by atoms with Crippen molar-refractivity contribution < 1.29 is 0 Å². The van der Waals surface area contributed by atoms with Crippen molar-refractivity contribution in [1.82, 2.24) is 4.90 Å². The second-order valence-electron chi connectivity index (χ2n) is 2.13.